The van der Waals surface area contributed by atoms with Crippen molar-refractivity contribution in [2.75, 3.05) is 53.0 Å². The van der Waals surface area contributed by atoms with Gasteiger partial charge in [0.05, 0.1) is 25.3 Å². The molecule has 2 aliphatic heterocycles. The average molecular weight is 347 g/mol. The van der Waals surface area contributed by atoms with E-state index >= 15 is 0 Å². The Labute approximate surface area is 150 Å². The first-order chi connectivity index (χ1) is 12.2. The zero-order valence-corrected chi connectivity index (χ0v) is 15.2. The topological polar surface area (TPSA) is 54.0 Å². The SMILES string of the molecule is COCCN1CCN(C(C)C(=O)NC2CCOc3ccccc32)CC1. The lowest BCUT2D eigenvalue weighted by Gasteiger charge is -2.38. The third-order valence-electron chi connectivity index (χ3n) is 5.22. The highest BCUT2D eigenvalue weighted by Gasteiger charge is 2.29. The van der Waals surface area contributed by atoms with Crippen LogP contribution in [-0.4, -0.2) is 74.8 Å². The molecule has 2 atom stereocenters. The van der Waals surface area contributed by atoms with Gasteiger partial charge >= 0.3 is 0 Å². The first-order valence-electron chi connectivity index (χ1n) is 9.16. The summed E-state index contributed by atoms with van der Waals surface area (Å²) in [6, 6.07) is 7.90. The van der Waals surface area contributed by atoms with Gasteiger partial charge in [0.15, 0.2) is 0 Å². The van der Waals surface area contributed by atoms with Crippen molar-refractivity contribution in [2.45, 2.75) is 25.4 Å². The van der Waals surface area contributed by atoms with Crippen LogP contribution in [0, 0.1) is 0 Å². The summed E-state index contributed by atoms with van der Waals surface area (Å²) in [6.07, 6.45) is 0.820. The van der Waals surface area contributed by atoms with Gasteiger partial charge in [0.25, 0.3) is 0 Å². The van der Waals surface area contributed by atoms with E-state index in [1.807, 2.05) is 31.2 Å². The van der Waals surface area contributed by atoms with E-state index in [0.717, 1.165) is 57.1 Å². The third kappa shape index (κ3) is 4.51. The predicted octanol–water partition coefficient (Wildman–Crippen LogP) is 1.28. The molecular formula is C19H29N3O3. The number of para-hydroxylation sites is 1. The number of amides is 1. The summed E-state index contributed by atoms with van der Waals surface area (Å²) in [6.45, 7) is 8.19. The summed E-state index contributed by atoms with van der Waals surface area (Å²) in [5, 5.41) is 3.22. The van der Waals surface area contributed by atoms with Crippen LogP contribution in [-0.2, 0) is 9.53 Å². The maximum absolute atomic E-state index is 12.7. The van der Waals surface area contributed by atoms with Gasteiger partial charge in [-0.05, 0) is 13.0 Å². The fourth-order valence-electron chi connectivity index (χ4n) is 3.54. The number of piperazine rings is 1. The van der Waals surface area contributed by atoms with Gasteiger partial charge in [0.1, 0.15) is 5.75 Å². The number of nitrogens with one attached hydrogen (secondary N) is 1. The standard InChI is InChI=1S/C19H29N3O3/c1-15(22-10-8-21(9-11-22)12-14-24-2)19(23)20-17-7-13-25-18-6-4-3-5-16(17)18/h3-6,15,17H,7-14H2,1-2H3,(H,20,23). The first-order valence-corrected chi connectivity index (χ1v) is 9.16. The molecule has 6 heteroatoms. The second kappa shape index (κ2) is 8.65. The smallest absolute Gasteiger partial charge is 0.237 e. The molecule has 1 aromatic carbocycles. The number of nitrogens with zero attached hydrogens (tertiary/aromatic N) is 2. The van der Waals surface area contributed by atoms with Crippen LogP contribution in [0.5, 0.6) is 5.75 Å². The normalized spacial score (nSPS) is 22.7. The summed E-state index contributed by atoms with van der Waals surface area (Å²) < 4.78 is 10.8. The molecular weight excluding hydrogens is 318 g/mol. The van der Waals surface area contributed by atoms with Crippen molar-refractivity contribution >= 4 is 5.91 Å². The number of rotatable bonds is 6. The number of methoxy groups -OCH3 is 1. The fourth-order valence-corrected chi connectivity index (χ4v) is 3.54. The van der Waals surface area contributed by atoms with Gasteiger partial charge in [-0.3, -0.25) is 14.6 Å². The molecule has 1 fully saturated rings. The van der Waals surface area contributed by atoms with Crippen LogP contribution >= 0.6 is 0 Å². The van der Waals surface area contributed by atoms with Crippen molar-refractivity contribution in [3.8, 4) is 5.75 Å². The van der Waals surface area contributed by atoms with Crippen LogP contribution in [0.15, 0.2) is 24.3 Å². The van der Waals surface area contributed by atoms with Crippen molar-refractivity contribution in [3.63, 3.8) is 0 Å². The summed E-state index contributed by atoms with van der Waals surface area (Å²) in [4.78, 5) is 17.4. The molecule has 1 saturated heterocycles. The van der Waals surface area contributed by atoms with E-state index in [0.29, 0.717) is 6.61 Å². The molecule has 0 bridgehead atoms. The maximum atomic E-state index is 12.7. The van der Waals surface area contributed by atoms with E-state index in [2.05, 4.69) is 15.1 Å². The highest BCUT2D eigenvalue weighted by atomic mass is 16.5. The Morgan fingerprint density at radius 3 is 2.84 bits per heavy atom. The average Bonchev–Trinajstić information content (AvgIpc) is 2.66. The summed E-state index contributed by atoms with van der Waals surface area (Å²) >= 11 is 0. The van der Waals surface area contributed by atoms with Crippen molar-refractivity contribution in [2.24, 2.45) is 0 Å². The molecule has 0 aliphatic carbocycles. The molecule has 6 nitrogen and oxygen atoms in total. The zero-order valence-electron chi connectivity index (χ0n) is 15.2. The van der Waals surface area contributed by atoms with E-state index in [4.69, 9.17) is 9.47 Å². The number of carbonyl (C=O) groups excluding carboxylic acids is 1. The van der Waals surface area contributed by atoms with Crippen molar-refractivity contribution < 1.29 is 14.3 Å². The number of hydrogen-bond acceptors (Lipinski definition) is 5. The molecule has 25 heavy (non-hydrogen) atoms. The highest BCUT2D eigenvalue weighted by Crippen LogP contribution is 2.31. The second-order valence-corrected chi connectivity index (χ2v) is 6.78. The number of benzene rings is 1. The Bertz CT molecular complexity index is 573. The maximum Gasteiger partial charge on any atom is 0.237 e. The molecule has 0 aromatic heterocycles. The summed E-state index contributed by atoms with van der Waals surface area (Å²) in [7, 11) is 1.73. The Kier molecular flexibility index (Phi) is 6.29. The van der Waals surface area contributed by atoms with E-state index in [9.17, 15) is 4.79 Å². The van der Waals surface area contributed by atoms with Gasteiger partial charge < -0.3 is 14.8 Å². The third-order valence-corrected chi connectivity index (χ3v) is 5.22. The fraction of sp³-hybridized carbons (Fsp3) is 0.632. The lowest BCUT2D eigenvalue weighted by Crippen LogP contribution is -2.54. The van der Waals surface area contributed by atoms with Gasteiger partial charge in [-0.2, -0.15) is 0 Å². The van der Waals surface area contributed by atoms with Gasteiger partial charge in [-0.25, -0.2) is 0 Å². The second-order valence-electron chi connectivity index (χ2n) is 6.78. The monoisotopic (exact) mass is 347 g/mol. The quantitative estimate of drug-likeness (QED) is 0.840. The van der Waals surface area contributed by atoms with Gasteiger partial charge in [0, 0.05) is 51.8 Å². The minimum atomic E-state index is -0.111. The molecule has 138 valence electrons. The Balaban J connectivity index is 1.52. The Morgan fingerprint density at radius 2 is 2.08 bits per heavy atom. The van der Waals surface area contributed by atoms with Crippen molar-refractivity contribution in [1.82, 2.24) is 15.1 Å². The molecule has 1 amide bonds. The predicted molar refractivity (Wildman–Crippen MR) is 96.8 cm³/mol. The van der Waals surface area contributed by atoms with Crippen LogP contribution in [0.1, 0.15) is 24.9 Å². The molecule has 0 radical (unpaired) electrons. The van der Waals surface area contributed by atoms with Crippen LogP contribution in [0.2, 0.25) is 0 Å². The van der Waals surface area contributed by atoms with Crippen LogP contribution in [0.4, 0.5) is 0 Å². The molecule has 3 rings (SSSR count). The summed E-state index contributed by atoms with van der Waals surface area (Å²) in [5.74, 6) is 0.991. The van der Waals surface area contributed by atoms with E-state index in [1.54, 1.807) is 7.11 Å². The highest BCUT2D eigenvalue weighted by molar-refractivity contribution is 5.82. The van der Waals surface area contributed by atoms with Gasteiger partial charge in [-0.1, -0.05) is 18.2 Å². The molecule has 1 aromatic rings. The summed E-state index contributed by atoms with van der Waals surface area (Å²) in [5.41, 5.74) is 1.08. The Morgan fingerprint density at radius 1 is 1.32 bits per heavy atom. The minimum absolute atomic E-state index is 0.0443. The number of carbonyl (C=O) groups is 1. The van der Waals surface area contributed by atoms with Crippen molar-refractivity contribution in [3.05, 3.63) is 29.8 Å². The molecule has 1 N–H and O–H groups in total. The lowest BCUT2D eigenvalue weighted by molar-refractivity contribution is -0.127. The largest absolute Gasteiger partial charge is 0.493 e. The number of fused-ring (bicyclic) bond motifs is 1. The number of hydrogen-bond donors (Lipinski definition) is 1. The molecule has 2 aliphatic rings. The Hall–Kier alpha value is -1.63. The first kappa shape index (κ1) is 18.2. The van der Waals surface area contributed by atoms with E-state index in [1.165, 1.54) is 0 Å². The van der Waals surface area contributed by atoms with Gasteiger partial charge in [0.2, 0.25) is 5.91 Å². The van der Waals surface area contributed by atoms with Crippen LogP contribution in [0.25, 0.3) is 0 Å². The van der Waals surface area contributed by atoms with Crippen LogP contribution < -0.4 is 10.1 Å². The zero-order chi connectivity index (χ0) is 17.6. The van der Waals surface area contributed by atoms with Gasteiger partial charge in [-0.15, -0.1) is 0 Å². The molecule has 0 spiro atoms. The lowest BCUT2D eigenvalue weighted by atomic mass is 10.00. The van der Waals surface area contributed by atoms with Crippen molar-refractivity contribution in [1.29, 1.82) is 0 Å². The molecule has 0 saturated carbocycles. The number of ether oxygens (including phenoxy) is 2. The molecule has 2 unspecified atom stereocenters. The molecule has 2 heterocycles. The van der Waals surface area contributed by atoms with E-state index < -0.39 is 0 Å². The van der Waals surface area contributed by atoms with E-state index in [-0.39, 0.29) is 18.0 Å². The van der Waals surface area contributed by atoms with Crippen LogP contribution in [0.3, 0.4) is 0 Å². The minimum Gasteiger partial charge on any atom is -0.493 e.